The van der Waals surface area contributed by atoms with Crippen molar-refractivity contribution in [2.75, 3.05) is 0 Å². The van der Waals surface area contributed by atoms with Crippen molar-refractivity contribution in [1.29, 1.82) is 0 Å². The minimum absolute atomic E-state index is 0.750. The highest BCUT2D eigenvalue weighted by Gasteiger charge is 1.84. The van der Waals surface area contributed by atoms with Crippen molar-refractivity contribution in [3.05, 3.63) is 35.4 Å². The number of hydrogen-bond acceptors (Lipinski definition) is 1. The second kappa shape index (κ2) is 6.59. The second-order valence-corrected chi connectivity index (χ2v) is 2.57. The van der Waals surface area contributed by atoms with E-state index in [1.807, 2.05) is 0 Å². The van der Waals surface area contributed by atoms with Gasteiger partial charge in [0.2, 0.25) is 0 Å². The van der Waals surface area contributed by atoms with Crippen molar-refractivity contribution in [3.63, 3.8) is 0 Å². The molecule has 0 aromatic heterocycles. The summed E-state index contributed by atoms with van der Waals surface area (Å²) < 4.78 is 0. The summed E-state index contributed by atoms with van der Waals surface area (Å²) in [5.74, 6) is 0. The first kappa shape index (κ1) is 10.9. The molecule has 12 heavy (non-hydrogen) atoms. The molecule has 0 unspecified atom stereocenters. The van der Waals surface area contributed by atoms with Gasteiger partial charge in [0, 0.05) is 0 Å². The van der Waals surface area contributed by atoms with E-state index in [0.29, 0.717) is 0 Å². The van der Waals surface area contributed by atoms with E-state index < -0.39 is 0 Å². The van der Waals surface area contributed by atoms with Gasteiger partial charge in [0.05, 0.1) is 0 Å². The summed E-state index contributed by atoms with van der Waals surface area (Å²) in [5.41, 5.74) is 2.76. The SMILES string of the molecule is CC=O.CCc1ccc(C)cc1. The lowest BCUT2D eigenvalue weighted by Crippen LogP contribution is -1.77. The Bertz CT molecular complexity index is 211. The number of carbonyl (C=O) groups is 1. The van der Waals surface area contributed by atoms with Gasteiger partial charge in [-0.2, -0.15) is 0 Å². The van der Waals surface area contributed by atoms with E-state index in [1.54, 1.807) is 0 Å². The molecule has 0 atom stereocenters. The fourth-order valence-electron chi connectivity index (χ4n) is 0.824. The molecule has 0 amide bonds. The van der Waals surface area contributed by atoms with Crippen LogP contribution in [0, 0.1) is 6.92 Å². The largest absolute Gasteiger partial charge is 0.304 e. The lowest BCUT2D eigenvalue weighted by Gasteiger charge is -1.94. The Morgan fingerprint density at radius 3 is 2.00 bits per heavy atom. The minimum Gasteiger partial charge on any atom is -0.304 e. The van der Waals surface area contributed by atoms with Crippen LogP contribution in [0.25, 0.3) is 0 Å². The molecule has 0 aliphatic heterocycles. The molecule has 0 N–H and O–H groups in total. The van der Waals surface area contributed by atoms with Gasteiger partial charge in [-0.1, -0.05) is 36.8 Å². The molecule has 1 rings (SSSR count). The summed E-state index contributed by atoms with van der Waals surface area (Å²) in [5, 5.41) is 0. The standard InChI is InChI=1S/C9H12.C2H4O/c1-3-9-6-4-8(2)5-7-9;1-2-3/h4-7H,3H2,1-2H3;2H,1H3. The summed E-state index contributed by atoms with van der Waals surface area (Å²) in [6.45, 7) is 5.73. The normalized spacial score (nSPS) is 8.25. The van der Waals surface area contributed by atoms with E-state index in [2.05, 4.69) is 38.1 Å². The molecule has 1 aromatic carbocycles. The first-order chi connectivity index (χ1) is 5.74. The highest BCUT2D eigenvalue weighted by atomic mass is 16.1. The number of aldehydes is 1. The lowest BCUT2D eigenvalue weighted by molar-refractivity contribution is -0.106. The van der Waals surface area contributed by atoms with Crippen LogP contribution in [0.15, 0.2) is 24.3 Å². The second-order valence-electron chi connectivity index (χ2n) is 2.57. The van der Waals surface area contributed by atoms with Crippen LogP contribution in [0.5, 0.6) is 0 Å². The maximum Gasteiger partial charge on any atom is 0.116 e. The van der Waals surface area contributed by atoms with Crippen molar-refractivity contribution in [3.8, 4) is 0 Å². The number of rotatable bonds is 1. The zero-order chi connectivity index (χ0) is 9.40. The van der Waals surface area contributed by atoms with Crippen molar-refractivity contribution < 1.29 is 4.79 Å². The van der Waals surface area contributed by atoms with Crippen molar-refractivity contribution in [2.45, 2.75) is 27.2 Å². The smallest absolute Gasteiger partial charge is 0.116 e. The topological polar surface area (TPSA) is 17.1 Å². The van der Waals surface area contributed by atoms with E-state index in [-0.39, 0.29) is 0 Å². The Balaban J connectivity index is 0.000000354. The van der Waals surface area contributed by atoms with Gasteiger partial charge in [-0.05, 0) is 25.8 Å². The van der Waals surface area contributed by atoms with Crippen LogP contribution in [0.2, 0.25) is 0 Å². The molecule has 0 aliphatic carbocycles. The molecule has 1 heteroatoms. The highest BCUT2D eigenvalue weighted by molar-refractivity contribution is 5.44. The third kappa shape index (κ3) is 4.67. The van der Waals surface area contributed by atoms with Crippen LogP contribution < -0.4 is 0 Å². The molecular weight excluding hydrogens is 148 g/mol. The summed E-state index contributed by atoms with van der Waals surface area (Å²) in [4.78, 5) is 8.81. The van der Waals surface area contributed by atoms with Crippen LogP contribution in [-0.2, 0) is 11.2 Å². The third-order valence-electron chi connectivity index (χ3n) is 1.53. The fraction of sp³-hybridized carbons (Fsp3) is 0.364. The van der Waals surface area contributed by atoms with Crippen molar-refractivity contribution in [2.24, 2.45) is 0 Å². The van der Waals surface area contributed by atoms with Gasteiger partial charge < -0.3 is 4.79 Å². The molecule has 1 nitrogen and oxygen atoms in total. The average molecular weight is 164 g/mol. The number of carbonyl (C=O) groups excluding carboxylic acids is 1. The molecule has 0 spiro atoms. The molecule has 66 valence electrons. The predicted molar refractivity (Wildman–Crippen MR) is 52.3 cm³/mol. The monoisotopic (exact) mass is 164 g/mol. The molecule has 0 saturated carbocycles. The van der Waals surface area contributed by atoms with Gasteiger partial charge in [-0.3, -0.25) is 0 Å². The minimum atomic E-state index is 0.750. The van der Waals surface area contributed by atoms with Crippen LogP contribution in [0.1, 0.15) is 25.0 Å². The van der Waals surface area contributed by atoms with Gasteiger partial charge >= 0.3 is 0 Å². The molecular formula is C11H16O. The van der Waals surface area contributed by atoms with E-state index in [0.717, 1.165) is 12.7 Å². The molecule has 0 bridgehead atoms. The quantitative estimate of drug-likeness (QED) is 0.583. The Kier molecular flexibility index (Phi) is 5.98. The van der Waals surface area contributed by atoms with Crippen LogP contribution in [0.4, 0.5) is 0 Å². The van der Waals surface area contributed by atoms with E-state index in [4.69, 9.17) is 4.79 Å². The van der Waals surface area contributed by atoms with Crippen molar-refractivity contribution >= 4 is 6.29 Å². The Labute approximate surface area is 74.4 Å². The number of aryl methyl sites for hydroxylation is 2. The molecule has 0 aliphatic rings. The maximum atomic E-state index is 8.81. The van der Waals surface area contributed by atoms with Crippen LogP contribution in [0.3, 0.4) is 0 Å². The molecule has 0 heterocycles. The summed E-state index contributed by atoms with van der Waals surface area (Å²) in [6.07, 6.45) is 1.89. The predicted octanol–water partition coefficient (Wildman–Crippen LogP) is 2.76. The fourth-order valence-corrected chi connectivity index (χ4v) is 0.824. The molecule has 0 saturated heterocycles. The summed E-state index contributed by atoms with van der Waals surface area (Å²) >= 11 is 0. The van der Waals surface area contributed by atoms with Crippen LogP contribution >= 0.6 is 0 Å². The lowest BCUT2D eigenvalue weighted by atomic mass is 10.1. The van der Waals surface area contributed by atoms with Crippen LogP contribution in [-0.4, -0.2) is 6.29 Å². The van der Waals surface area contributed by atoms with Gasteiger partial charge in [0.15, 0.2) is 0 Å². The van der Waals surface area contributed by atoms with Gasteiger partial charge in [-0.25, -0.2) is 0 Å². The van der Waals surface area contributed by atoms with Gasteiger partial charge in [-0.15, -0.1) is 0 Å². The van der Waals surface area contributed by atoms with E-state index in [9.17, 15) is 0 Å². The summed E-state index contributed by atoms with van der Waals surface area (Å²) in [6, 6.07) is 8.66. The van der Waals surface area contributed by atoms with E-state index in [1.165, 1.54) is 18.1 Å². The highest BCUT2D eigenvalue weighted by Crippen LogP contribution is 2.02. The Morgan fingerprint density at radius 2 is 1.67 bits per heavy atom. The first-order valence-corrected chi connectivity index (χ1v) is 4.20. The number of hydrogen-bond donors (Lipinski definition) is 0. The maximum absolute atomic E-state index is 8.81. The third-order valence-corrected chi connectivity index (χ3v) is 1.53. The zero-order valence-electron chi connectivity index (χ0n) is 8.00. The average Bonchev–Trinajstić information content (AvgIpc) is 2.07. The van der Waals surface area contributed by atoms with Crippen molar-refractivity contribution in [1.82, 2.24) is 0 Å². The first-order valence-electron chi connectivity index (χ1n) is 4.20. The van der Waals surface area contributed by atoms with E-state index >= 15 is 0 Å². The van der Waals surface area contributed by atoms with Gasteiger partial charge in [0.25, 0.3) is 0 Å². The molecule has 0 radical (unpaired) electrons. The van der Waals surface area contributed by atoms with Gasteiger partial charge in [0.1, 0.15) is 6.29 Å². The molecule has 1 aromatic rings. The zero-order valence-corrected chi connectivity index (χ0v) is 8.00. The summed E-state index contributed by atoms with van der Waals surface area (Å²) in [7, 11) is 0. The Morgan fingerprint density at radius 1 is 1.25 bits per heavy atom. The Hall–Kier alpha value is -1.11. The number of benzene rings is 1. The molecule has 0 fully saturated rings.